The predicted octanol–water partition coefficient (Wildman–Crippen LogP) is 6.25. The Balaban J connectivity index is 2.55. The molecule has 0 saturated carbocycles. The second-order valence-electron chi connectivity index (χ2n) is 6.36. The summed E-state index contributed by atoms with van der Waals surface area (Å²) >= 11 is 0. The topological polar surface area (TPSA) is 71.1 Å². The highest BCUT2D eigenvalue weighted by molar-refractivity contribution is 7.60. The van der Waals surface area contributed by atoms with Gasteiger partial charge in [-0.05, 0) is 59.8 Å². The summed E-state index contributed by atoms with van der Waals surface area (Å²) in [5.41, 5.74) is -0.627. The van der Waals surface area contributed by atoms with Crippen molar-refractivity contribution in [2.45, 2.75) is 59.8 Å². The Labute approximate surface area is 157 Å². The van der Waals surface area contributed by atoms with Crippen LogP contribution < -0.4 is 0 Å². The van der Waals surface area contributed by atoms with Crippen molar-refractivity contribution in [3.05, 3.63) is 22.8 Å². The maximum atomic E-state index is 13.6. The molecule has 0 aliphatic heterocycles. The molecule has 0 heterocycles. The third-order valence-corrected chi connectivity index (χ3v) is 9.61. The second-order valence-corrected chi connectivity index (χ2v) is 10.3. The summed E-state index contributed by atoms with van der Waals surface area (Å²) in [5, 5.41) is 1.28. The van der Waals surface area contributed by atoms with Gasteiger partial charge in [0.2, 0.25) is 0 Å². The lowest BCUT2D eigenvalue weighted by Gasteiger charge is -2.41. The van der Waals surface area contributed by atoms with Gasteiger partial charge in [-0.25, -0.2) is 0 Å². The van der Waals surface area contributed by atoms with Gasteiger partial charge in [0.1, 0.15) is 0 Å². The van der Waals surface area contributed by atoms with Crippen LogP contribution in [0.3, 0.4) is 0 Å². The first kappa shape index (κ1) is 22.1. The Morgan fingerprint density at radius 2 is 1.19 bits per heavy atom. The monoisotopic (exact) mass is 406 g/mol. The molecule has 0 unspecified atom stereocenters. The van der Waals surface area contributed by atoms with Crippen molar-refractivity contribution in [2.24, 2.45) is 5.41 Å². The highest BCUT2D eigenvalue weighted by atomic mass is 31.2. The quantitative estimate of drug-likeness (QED) is 0.399. The van der Waals surface area contributed by atoms with E-state index >= 15 is 0 Å². The molecule has 0 amide bonds. The Kier molecular flexibility index (Phi) is 7.91. The Hall–Kier alpha value is -0.220. The van der Waals surface area contributed by atoms with Crippen molar-refractivity contribution >= 4 is 15.2 Å². The minimum atomic E-state index is -3.47. The van der Waals surface area contributed by atoms with Crippen LogP contribution in [0.15, 0.2) is 22.8 Å². The zero-order chi connectivity index (χ0) is 19.3. The molecule has 0 aromatic rings. The molecule has 0 fully saturated rings. The van der Waals surface area contributed by atoms with Crippen molar-refractivity contribution < 1.29 is 27.2 Å². The molecule has 0 N–H and O–H groups in total. The van der Waals surface area contributed by atoms with E-state index in [4.69, 9.17) is 18.1 Å². The Morgan fingerprint density at radius 3 is 1.62 bits per heavy atom. The lowest BCUT2D eigenvalue weighted by molar-refractivity contribution is 0.208. The fourth-order valence-corrected chi connectivity index (χ4v) is 8.63. The van der Waals surface area contributed by atoms with Crippen molar-refractivity contribution in [2.75, 3.05) is 26.4 Å². The molecule has 2 aliphatic carbocycles. The van der Waals surface area contributed by atoms with Crippen LogP contribution in [0.25, 0.3) is 0 Å². The molecule has 6 nitrogen and oxygen atoms in total. The van der Waals surface area contributed by atoms with Crippen LogP contribution in [-0.4, -0.2) is 26.4 Å². The van der Waals surface area contributed by atoms with Gasteiger partial charge in [0.05, 0.1) is 26.4 Å². The molecule has 150 valence electrons. The molecule has 1 atom stereocenters. The summed E-state index contributed by atoms with van der Waals surface area (Å²) in [6.45, 7) is 8.37. The van der Waals surface area contributed by atoms with E-state index in [-0.39, 0.29) is 0 Å². The first-order chi connectivity index (χ1) is 12.4. The molecule has 1 spiro atoms. The normalized spacial score (nSPS) is 24.0. The largest absolute Gasteiger partial charge is 0.357 e. The van der Waals surface area contributed by atoms with E-state index in [0.717, 1.165) is 32.1 Å². The van der Waals surface area contributed by atoms with Crippen LogP contribution in [0, 0.1) is 5.41 Å². The van der Waals surface area contributed by atoms with E-state index in [9.17, 15) is 9.13 Å². The van der Waals surface area contributed by atoms with Gasteiger partial charge < -0.3 is 18.1 Å². The second kappa shape index (κ2) is 9.32. The van der Waals surface area contributed by atoms with Gasteiger partial charge in [-0.1, -0.05) is 12.2 Å². The standard InChI is InChI=1S/C18H32O6P2/c1-5-21-25(19,22-6-2)16-12-9-10-14-18(16)15-11-13-17(18)26(20,23-7-3)24-8-4/h12-13H,5-11,14-15H2,1-4H3/t18-/m0/s1. The lowest BCUT2D eigenvalue weighted by atomic mass is 9.78. The minimum absolute atomic E-state index is 0.290. The summed E-state index contributed by atoms with van der Waals surface area (Å²) in [7, 11) is -6.92. The zero-order valence-electron chi connectivity index (χ0n) is 16.4. The average Bonchev–Trinajstić information content (AvgIpc) is 3.00. The minimum Gasteiger partial charge on any atom is -0.306 e. The molecule has 0 radical (unpaired) electrons. The molecule has 2 aliphatic rings. The molecular formula is C18H32O6P2. The van der Waals surface area contributed by atoms with Gasteiger partial charge in [0.25, 0.3) is 0 Å². The molecule has 0 saturated heterocycles. The SMILES string of the molecule is CCOP(=O)(OCC)C1=CCCC[C@]12CCC=C2P(=O)(OCC)OCC. The van der Waals surface area contributed by atoms with E-state index in [2.05, 4.69) is 0 Å². The van der Waals surface area contributed by atoms with Gasteiger partial charge in [-0.15, -0.1) is 0 Å². The maximum absolute atomic E-state index is 13.6. The highest BCUT2D eigenvalue weighted by Crippen LogP contribution is 2.75. The van der Waals surface area contributed by atoms with Crippen LogP contribution in [0.1, 0.15) is 59.8 Å². The summed E-state index contributed by atoms with van der Waals surface area (Å²) in [4.78, 5) is 0. The molecule has 2 rings (SSSR count). The van der Waals surface area contributed by atoms with Crippen molar-refractivity contribution in [3.63, 3.8) is 0 Å². The summed E-state index contributed by atoms with van der Waals surface area (Å²) in [6.07, 6.45) is 7.88. The summed E-state index contributed by atoms with van der Waals surface area (Å²) < 4.78 is 49.7. The molecule has 0 aromatic carbocycles. The fourth-order valence-electron chi connectivity index (χ4n) is 4.04. The van der Waals surface area contributed by atoms with E-state index < -0.39 is 20.6 Å². The van der Waals surface area contributed by atoms with E-state index in [0.29, 0.717) is 37.1 Å². The van der Waals surface area contributed by atoms with E-state index in [1.807, 2.05) is 12.2 Å². The molecule has 0 aromatic heterocycles. The van der Waals surface area contributed by atoms with Crippen molar-refractivity contribution in [1.82, 2.24) is 0 Å². The summed E-state index contributed by atoms with van der Waals surface area (Å²) in [5.74, 6) is 0. The molecule has 8 heteroatoms. The smallest absolute Gasteiger partial charge is 0.306 e. The van der Waals surface area contributed by atoms with Crippen LogP contribution in [0.4, 0.5) is 0 Å². The van der Waals surface area contributed by atoms with Gasteiger partial charge in [0.15, 0.2) is 0 Å². The predicted molar refractivity (Wildman–Crippen MR) is 103 cm³/mol. The van der Waals surface area contributed by atoms with Crippen molar-refractivity contribution in [1.29, 1.82) is 0 Å². The molecule has 0 bridgehead atoms. The fraction of sp³-hybridized carbons (Fsp3) is 0.778. The number of hydrogen-bond acceptors (Lipinski definition) is 6. The maximum Gasteiger partial charge on any atom is 0.357 e. The first-order valence-corrected chi connectivity index (χ1v) is 12.7. The van der Waals surface area contributed by atoms with Gasteiger partial charge in [-0.3, -0.25) is 9.13 Å². The summed E-state index contributed by atoms with van der Waals surface area (Å²) in [6, 6.07) is 0. The molecule has 26 heavy (non-hydrogen) atoms. The lowest BCUT2D eigenvalue weighted by Crippen LogP contribution is -2.28. The molecular weight excluding hydrogens is 374 g/mol. The third kappa shape index (κ3) is 4.11. The third-order valence-electron chi connectivity index (χ3n) is 4.82. The zero-order valence-corrected chi connectivity index (χ0v) is 18.2. The van der Waals surface area contributed by atoms with Crippen LogP contribution >= 0.6 is 15.2 Å². The van der Waals surface area contributed by atoms with Gasteiger partial charge >= 0.3 is 15.2 Å². The first-order valence-electron chi connectivity index (χ1n) is 9.63. The average molecular weight is 406 g/mol. The van der Waals surface area contributed by atoms with Crippen LogP contribution in [0.2, 0.25) is 0 Å². The Bertz CT molecular complexity index is 622. The number of allylic oxidation sites excluding steroid dienone is 4. The number of hydrogen-bond donors (Lipinski definition) is 0. The van der Waals surface area contributed by atoms with Gasteiger partial charge in [0, 0.05) is 16.0 Å². The van der Waals surface area contributed by atoms with Gasteiger partial charge in [-0.2, -0.15) is 0 Å². The van der Waals surface area contributed by atoms with E-state index in [1.54, 1.807) is 27.7 Å². The van der Waals surface area contributed by atoms with Crippen LogP contribution in [0.5, 0.6) is 0 Å². The van der Waals surface area contributed by atoms with E-state index in [1.165, 1.54) is 0 Å². The van der Waals surface area contributed by atoms with Crippen LogP contribution in [-0.2, 0) is 27.2 Å². The Morgan fingerprint density at radius 1 is 0.769 bits per heavy atom. The highest BCUT2D eigenvalue weighted by Gasteiger charge is 2.55. The number of rotatable bonds is 10. The van der Waals surface area contributed by atoms with Crippen molar-refractivity contribution in [3.8, 4) is 0 Å².